The van der Waals surface area contributed by atoms with Crippen molar-refractivity contribution in [3.8, 4) is 0 Å². The van der Waals surface area contributed by atoms with E-state index in [1.54, 1.807) is 0 Å². The van der Waals surface area contributed by atoms with Crippen molar-refractivity contribution in [1.82, 2.24) is 4.90 Å². The number of rotatable bonds is 1. The summed E-state index contributed by atoms with van der Waals surface area (Å²) in [4.78, 5) is 14.7. The molecule has 1 aliphatic heterocycles. The fourth-order valence-corrected chi connectivity index (χ4v) is 3.39. The molecule has 0 radical (unpaired) electrons. The fourth-order valence-electron chi connectivity index (χ4n) is 3.39. The van der Waals surface area contributed by atoms with Crippen LogP contribution in [-0.4, -0.2) is 29.9 Å². The first-order chi connectivity index (χ1) is 8.58. The standard InChI is InChI=1S/C15H28N2O/c1-11-4-3-8-17(9-7-11)15(18)13-5-6-14(16)12(2)10-13/h11-14H,3-10,16H2,1-2H3. The molecular formula is C15H28N2O. The van der Waals surface area contributed by atoms with Crippen LogP contribution in [0.5, 0.6) is 0 Å². The highest BCUT2D eigenvalue weighted by Crippen LogP contribution is 2.30. The van der Waals surface area contributed by atoms with E-state index >= 15 is 0 Å². The Balaban J connectivity index is 1.90. The van der Waals surface area contributed by atoms with Gasteiger partial charge in [-0.15, -0.1) is 0 Å². The van der Waals surface area contributed by atoms with E-state index in [2.05, 4.69) is 18.7 Å². The Morgan fingerprint density at radius 1 is 1.11 bits per heavy atom. The maximum absolute atomic E-state index is 12.5. The lowest BCUT2D eigenvalue weighted by Crippen LogP contribution is -2.42. The molecule has 0 aromatic rings. The average Bonchev–Trinajstić information content (AvgIpc) is 2.57. The molecule has 2 N–H and O–H groups in total. The van der Waals surface area contributed by atoms with Crippen LogP contribution in [0.1, 0.15) is 52.4 Å². The topological polar surface area (TPSA) is 46.3 Å². The van der Waals surface area contributed by atoms with Crippen molar-refractivity contribution in [2.75, 3.05) is 13.1 Å². The maximum Gasteiger partial charge on any atom is 0.225 e. The Kier molecular flexibility index (Phi) is 4.66. The smallest absolute Gasteiger partial charge is 0.225 e. The van der Waals surface area contributed by atoms with Gasteiger partial charge in [-0.25, -0.2) is 0 Å². The van der Waals surface area contributed by atoms with Crippen molar-refractivity contribution in [1.29, 1.82) is 0 Å². The summed E-state index contributed by atoms with van der Waals surface area (Å²) in [6.07, 6.45) is 6.63. The predicted molar refractivity (Wildman–Crippen MR) is 74.1 cm³/mol. The number of amides is 1. The van der Waals surface area contributed by atoms with Crippen LogP contribution < -0.4 is 5.73 Å². The minimum atomic E-state index is 0.244. The molecule has 3 nitrogen and oxygen atoms in total. The monoisotopic (exact) mass is 252 g/mol. The number of hydrogen-bond acceptors (Lipinski definition) is 2. The first-order valence-corrected chi connectivity index (χ1v) is 7.62. The average molecular weight is 252 g/mol. The van der Waals surface area contributed by atoms with Gasteiger partial charge in [0.15, 0.2) is 0 Å². The molecule has 18 heavy (non-hydrogen) atoms. The zero-order valence-corrected chi connectivity index (χ0v) is 11.9. The van der Waals surface area contributed by atoms with Gasteiger partial charge in [-0.1, -0.05) is 13.8 Å². The fraction of sp³-hybridized carbons (Fsp3) is 0.933. The minimum absolute atomic E-state index is 0.244. The van der Waals surface area contributed by atoms with E-state index in [0.717, 1.165) is 38.3 Å². The number of carbonyl (C=O) groups excluding carboxylic acids is 1. The molecule has 3 heteroatoms. The summed E-state index contributed by atoms with van der Waals surface area (Å²) in [5.41, 5.74) is 6.04. The second kappa shape index (κ2) is 6.05. The molecule has 1 amide bonds. The van der Waals surface area contributed by atoms with Crippen molar-refractivity contribution in [2.45, 2.75) is 58.4 Å². The molecule has 2 aliphatic rings. The third-order valence-electron chi connectivity index (χ3n) is 4.91. The minimum Gasteiger partial charge on any atom is -0.342 e. The molecule has 0 aromatic heterocycles. The summed E-state index contributed by atoms with van der Waals surface area (Å²) in [5.74, 6) is 1.93. The highest BCUT2D eigenvalue weighted by atomic mass is 16.2. The predicted octanol–water partition coefficient (Wildman–Crippen LogP) is 2.40. The van der Waals surface area contributed by atoms with Crippen molar-refractivity contribution in [3.63, 3.8) is 0 Å². The molecule has 0 aromatic carbocycles. The van der Waals surface area contributed by atoms with Crippen molar-refractivity contribution < 1.29 is 4.79 Å². The number of carbonyl (C=O) groups is 1. The normalized spacial score (nSPS) is 38.3. The lowest BCUT2D eigenvalue weighted by molar-refractivity contribution is -0.137. The third kappa shape index (κ3) is 3.25. The van der Waals surface area contributed by atoms with Crippen molar-refractivity contribution in [3.05, 3.63) is 0 Å². The van der Waals surface area contributed by atoms with Gasteiger partial charge in [0.05, 0.1) is 0 Å². The quantitative estimate of drug-likeness (QED) is 0.779. The zero-order valence-electron chi connectivity index (χ0n) is 11.9. The van der Waals surface area contributed by atoms with Crippen LogP contribution in [0.15, 0.2) is 0 Å². The van der Waals surface area contributed by atoms with Crippen LogP contribution >= 0.6 is 0 Å². The summed E-state index contributed by atoms with van der Waals surface area (Å²) in [6.45, 7) is 6.43. The van der Waals surface area contributed by atoms with Crippen LogP contribution in [0.2, 0.25) is 0 Å². The molecule has 104 valence electrons. The molecule has 1 saturated heterocycles. The van der Waals surface area contributed by atoms with E-state index < -0.39 is 0 Å². The highest BCUT2D eigenvalue weighted by Gasteiger charge is 2.32. The summed E-state index contributed by atoms with van der Waals surface area (Å²) in [6, 6.07) is 0.304. The number of nitrogens with zero attached hydrogens (tertiary/aromatic N) is 1. The molecule has 0 bridgehead atoms. The van der Waals surface area contributed by atoms with Crippen molar-refractivity contribution >= 4 is 5.91 Å². The first kappa shape index (κ1) is 13.9. The van der Waals surface area contributed by atoms with Gasteiger partial charge in [0.25, 0.3) is 0 Å². The summed E-state index contributed by atoms with van der Waals surface area (Å²) in [7, 11) is 0. The van der Waals surface area contributed by atoms with Gasteiger partial charge in [-0.05, 0) is 50.4 Å². The van der Waals surface area contributed by atoms with E-state index in [0.29, 0.717) is 17.9 Å². The summed E-state index contributed by atoms with van der Waals surface area (Å²) >= 11 is 0. The van der Waals surface area contributed by atoms with Gasteiger partial charge in [-0.3, -0.25) is 4.79 Å². The van der Waals surface area contributed by atoms with Crippen LogP contribution in [0.3, 0.4) is 0 Å². The third-order valence-corrected chi connectivity index (χ3v) is 4.91. The van der Waals surface area contributed by atoms with Gasteiger partial charge in [-0.2, -0.15) is 0 Å². The SMILES string of the molecule is CC1CCCN(C(=O)C2CCC(N)C(C)C2)CC1. The lowest BCUT2D eigenvalue weighted by Gasteiger charge is -2.34. The molecule has 2 fully saturated rings. The Hall–Kier alpha value is -0.570. The van der Waals surface area contributed by atoms with Gasteiger partial charge in [0.1, 0.15) is 0 Å². The molecule has 1 heterocycles. The van der Waals surface area contributed by atoms with E-state index in [-0.39, 0.29) is 5.92 Å². The second-order valence-electron chi connectivity index (χ2n) is 6.51. The van der Waals surface area contributed by atoms with E-state index in [4.69, 9.17) is 5.73 Å². The Bertz CT molecular complexity index is 286. The summed E-state index contributed by atoms with van der Waals surface area (Å²) in [5, 5.41) is 0. The molecular weight excluding hydrogens is 224 g/mol. The first-order valence-electron chi connectivity index (χ1n) is 7.62. The highest BCUT2D eigenvalue weighted by molar-refractivity contribution is 5.79. The Morgan fingerprint density at radius 2 is 1.89 bits per heavy atom. The molecule has 1 saturated carbocycles. The number of hydrogen-bond donors (Lipinski definition) is 1. The lowest BCUT2D eigenvalue weighted by atomic mass is 9.78. The zero-order chi connectivity index (χ0) is 13.1. The van der Waals surface area contributed by atoms with E-state index in [1.807, 2.05) is 0 Å². The van der Waals surface area contributed by atoms with E-state index in [9.17, 15) is 4.79 Å². The van der Waals surface area contributed by atoms with Crippen LogP contribution in [0, 0.1) is 17.8 Å². The number of nitrogens with two attached hydrogens (primary N) is 1. The van der Waals surface area contributed by atoms with Gasteiger partial charge in [0.2, 0.25) is 5.91 Å². The van der Waals surface area contributed by atoms with Gasteiger partial charge in [0, 0.05) is 25.0 Å². The molecule has 0 spiro atoms. The van der Waals surface area contributed by atoms with Crippen LogP contribution in [-0.2, 0) is 4.79 Å². The second-order valence-corrected chi connectivity index (χ2v) is 6.51. The van der Waals surface area contributed by atoms with Crippen LogP contribution in [0.4, 0.5) is 0 Å². The molecule has 4 unspecified atom stereocenters. The maximum atomic E-state index is 12.5. The molecule has 4 atom stereocenters. The van der Waals surface area contributed by atoms with E-state index in [1.165, 1.54) is 19.3 Å². The molecule has 1 aliphatic carbocycles. The summed E-state index contributed by atoms with van der Waals surface area (Å²) < 4.78 is 0. The Morgan fingerprint density at radius 3 is 2.61 bits per heavy atom. The van der Waals surface area contributed by atoms with Gasteiger partial charge >= 0.3 is 0 Å². The Labute approximate surface area is 111 Å². The number of likely N-dealkylation sites (tertiary alicyclic amines) is 1. The van der Waals surface area contributed by atoms with Gasteiger partial charge < -0.3 is 10.6 Å². The largest absolute Gasteiger partial charge is 0.342 e. The molecule has 2 rings (SSSR count). The van der Waals surface area contributed by atoms with Crippen LogP contribution in [0.25, 0.3) is 0 Å². The van der Waals surface area contributed by atoms with Crippen molar-refractivity contribution in [2.24, 2.45) is 23.5 Å².